The lowest BCUT2D eigenvalue weighted by Gasteiger charge is -2.12. The average Bonchev–Trinajstić information content (AvgIpc) is 2.86. The maximum absolute atomic E-state index is 13.7. The van der Waals surface area contributed by atoms with Crippen LogP contribution in [0.25, 0.3) is 0 Å². The van der Waals surface area contributed by atoms with E-state index in [-0.39, 0.29) is 5.82 Å². The van der Waals surface area contributed by atoms with Gasteiger partial charge in [-0.25, -0.2) is 4.39 Å². The molecule has 0 amide bonds. The fourth-order valence-electron chi connectivity index (χ4n) is 1.72. The number of ether oxygens (including phenoxy) is 1. The number of rotatable bonds is 6. The van der Waals surface area contributed by atoms with E-state index in [0.717, 1.165) is 5.56 Å². The Morgan fingerprint density at radius 3 is 3.00 bits per heavy atom. The molecule has 0 unspecified atom stereocenters. The SMILES string of the molecule is CNCc1cccc(F)c1OCCn1cccn1. The molecule has 5 heteroatoms. The number of halogens is 1. The number of nitrogens with zero attached hydrogens (tertiary/aromatic N) is 2. The van der Waals surface area contributed by atoms with Crippen LogP contribution in [0.4, 0.5) is 4.39 Å². The molecular formula is C13H16FN3O. The van der Waals surface area contributed by atoms with Crippen LogP contribution in [0, 0.1) is 5.82 Å². The van der Waals surface area contributed by atoms with Crippen molar-refractivity contribution in [2.45, 2.75) is 13.1 Å². The van der Waals surface area contributed by atoms with Crippen molar-refractivity contribution in [2.24, 2.45) is 0 Å². The molecule has 0 atom stereocenters. The van der Waals surface area contributed by atoms with E-state index in [1.807, 2.05) is 25.4 Å². The van der Waals surface area contributed by atoms with Crippen molar-refractivity contribution < 1.29 is 9.13 Å². The summed E-state index contributed by atoms with van der Waals surface area (Å²) >= 11 is 0. The quantitative estimate of drug-likeness (QED) is 0.848. The van der Waals surface area contributed by atoms with Gasteiger partial charge in [0, 0.05) is 24.5 Å². The van der Waals surface area contributed by atoms with Gasteiger partial charge in [0.1, 0.15) is 6.61 Å². The molecule has 0 saturated heterocycles. The summed E-state index contributed by atoms with van der Waals surface area (Å²) in [6.07, 6.45) is 3.55. The van der Waals surface area contributed by atoms with Gasteiger partial charge in [0.15, 0.2) is 11.6 Å². The Morgan fingerprint density at radius 2 is 2.28 bits per heavy atom. The first-order valence-electron chi connectivity index (χ1n) is 5.83. The van der Waals surface area contributed by atoms with E-state index in [1.165, 1.54) is 6.07 Å². The Kier molecular flexibility index (Phi) is 4.30. The van der Waals surface area contributed by atoms with Crippen molar-refractivity contribution in [3.8, 4) is 5.75 Å². The summed E-state index contributed by atoms with van der Waals surface area (Å²) in [7, 11) is 1.82. The third-order valence-electron chi connectivity index (χ3n) is 2.54. The van der Waals surface area contributed by atoms with E-state index in [9.17, 15) is 4.39 Å². The van der Waals surface area contributed by atoms with Crippen LogP contribution in [0.3, 0.4) is 0 Å². The number of hydrogen-bond acceptors (Lipinski definition) is 3. The first-order chi connectivity index (χ1) is 8.81. The molecule has 0 saturated carbocycles. The van der Waals surface area contributed by atoms with E-state index in [2.05, 4.69) is 10.4 Å². The minimum atomic E-state index is -0.330. The van der Waals surface area contributed by atoms with E-state index >= 15 is 0 Å². The zero-order valence-electron chi connectivity index (χ0n) is 10.3. The van der Waals surface area contributed by atoms with Gasteiger partial charge in [0.25, 0.3) is 0 Å². The normalized spacial score (nSPS) is 10.6. The lowest BCUT2D eigenvalue weighted by atomic mass is 10.2. The maximum atomic E-state index is 13.7. The highest BCUT2D eigenvalue weighted by Crippen LogP contribution is 2.22. The van der Waals surface area contributed by atoms with Crippen molar-refractivity contribution >= 4 is 0 Å². The summed E-state index contributed by atoms with van der Waals surface area (Å²) in [6, 6.07) is 6.78. The molecule has 1 N–H and O–H groups in total. The fraction of sp³-hybridized carbons (Fsp3) is 0.308. The van der Waals surface area contributed by atoms with Crippen LogP contribution in [0.1, 0.15) is 5.56 Å². The smallest absolute Gasteiger partial charge is 0.165 e. The van der Waals surface area contributed by atoms with Gasteiger partial charge in [0.05, 0.1) is 6.54 Å². The largest absolute Gasteiger partial charge is 0.488 e. The van der Waals surface area contributed by atoms with Crippen molar-refractivity contribution in [1.29, 1.82) is 0 Å². The zero-order chi connectivity index (χ0) is 12.8. The second-order valence-electron chi connectivity index (χ2n) is 3.88. The van der Waals surface area contributed by atoms with Gasteiger partial charge in [-0.15, -0.1) is 0 Å². The van der Waals surface area contributed by atoms with Gasteiger partial charge in [-0.05, 0) is 19.2 Å². The predicted octanol–water partition coefficient (Wildman–Crippen LogP) is 1.82. The van der Waals surface area contributed by atoms with Crippen molar-refractivity contribution in [3.05, 3.63) is 48.0 Å². The van der Waals surface area contributed by atoms with E-state index < -0.39 is 0 Å². The van der Waals surface area contributed by atoms with Crippen LogP contribution in [0.15, 0.2) is 36.7 Å². The van der Waals surface area contributed by atoms with Gasteiger partial charge >= 0.3 is 0 Å². The van der Waals surface area contributed by atoms with Crippen LogP contribution in [-0.4, -0.2) is 23.4 Å². The number of para-hydroxylation sites is 1. The maximum Gasteiger partial charge on any atom is 0.165 e. The van der Waals surface area contributed by atoms with Crippen molar-refractivity contribution in [3.63, 3.8) is 0 Å². The van der Waals surface area contributed by atoms with E-state index in [0.29, 0.717) is 25.4 Å². The molecule has 1 aromatic heterocycles. The van der Waals surface area contributed by atoms with Gasteiger partial charge in [-0.1, -0.05) is 12.1 Å². The number of hydrogen-bond donors (Lipinski definition) is 1. The highest BCUT2D eigenvalue weighted by molar-refractivity contribution is 5.34. The lowest BCUT2D eigenvalue weighted by molar-refractivity contribution is 0.275. The Bertz CT molecular complexity index is 485. The van der Waals surface area contributed by atoms with Crippen molar-refractivity contribution in [2.75, 3.05) is 13.7 Å². The Hall–Kier alpha value is -1.88. The predicted molar refractivity (Wildman–Crippen MR) is 66.9 cm³/mol. The summed E-state index contributed by atoms with van der Waals surface area (Å²) in [5, 5.41) is 7.05. The lowest BCUT2D eigenvalue weighted by Crippen LogP contribution is -2.12. The summed E-state index contributed by atoms with van der Waals surface area (Å²) in [5.74, 6) is -0.0118. The van der Waals surface area contributed by atoms with Crippen LogP contribution in [0.2, 0.25) is 0 Å². The van der Waals surface area contributed by atoms with Crippen LogP contribution in [-0.2, 0) is 13.1 Å². The second-order valence-corrected chi connectivity index (χ2v) is 3.88. The topological polar surface area (TPSA) is 39.1 Å². The highest BCUT2D eigenvalue weighted by atomic mass is 19.1. The minimum Gasteiger partial charge on any atom is -0.488 e. The van der Waals surface area contributed by atoms with Crippen LogP contribution >= 0.6 is 0 Å². The molecule has 0 aliphatic heterocycles. The highest BCUT2D eigenvalue weighted by Gasteiger charge is 2.08. The Labute approximate surface area is 105 Å². The molecule has 0 bridgehead atoms. The molecule has 0 aliphatic carbocycles. The van der Waals surface area contributed by atoms with Crippen LogP contribution in [0.5, 0.6) is 5.75 Å². The molecule has 0 spiro atoms. The third kappa shape index (κ3) is 3.07. The van der Waals surface area contributed by atoms with Crippen molar-refractivity contribution in [1.82, 2.24) is 15.1 Å². The molecule has 2 aromatic rings. The standard InChI is InChI=1S/C13H16FN3O/c1-15-10-11-4-2-5-12(14)13(11)18-9-8-17-7-3-6-16-17/h2-7,15H,8-10H2,1H3. The zero-order valence-corrected chi connectivity index (χ0v) is 10.3. The Morgan fingerprint density at radius 1 is 1.39 bits per heavy atom. The molecule has 18 heavy (non-hydrogen) atoms. The molecule has 0 aliphatic rings. The van der Waals surface area contributed by atoms with Gasteiger partial charge in [0.2, 0.25) is 0 Å². The number of nitrogens with one attached hydrogen (secondary N) is 1. The molecule has 0 fully saturated rings. The molecule has 2 rings (SSSR count). The first-order valence-corrected chi connectivity index (χ1v) is 5.83. The molecule has 1 aromatic carbocycles. The van der Waals surface area contributed by atoms with Gasteiger partial charge in [-0.2, -0.15) is 5.10 Å². The Balaban J connectivity index is 1.99. The molecule has 0 radical (unpaired) electrons. The monoisotopic (exact) mass is 249 g/mol. The van der Waals surface area contributed by atoms with Gasteiger partial charge < -0.3 is 10.1 Å². The minimum absolute atomic E-state index is 0.319. The van der Waals surface area contributed by atoms with Gasteiger partial charge in [-0.3, -0.25) is 4.68 Å². The molecule has 4 nitrogen and oxygen atoms in total. The fourth-order valence-corrected chi connectivity index (χ4v) is 1.72. The summed E-state index contributed by atoms with van der Waals surface area (Å²) in [5.41, 5.74) is 0.818. The summed E-state index contributed by atoms with van der Waals surface area (Å²) < 4.78 is 20.9. The van der Waals surface area contributed by atoms with E-state index in [1.54, 1.807) is 16.9 Å². The molecular weight excluding hydrogens is 233 g/mol. The van der Waals surface area contributed by atoms with E-state index in [4.69, 9.17) is 4.74 Å². The number of aromatic nitrogens is 2. The average molecular weight is 249 g/mol. The molecule has 96 valence electrons. The summed E-state index contributed by atoms with van der Waals surface area (Å²) in [4.78, 5) is 0. The number of benzene rings is 1. The first kappa shape index (κ1) is 12.6. The van der Waals surface area contributed by atoms with Crippen LogP contribution < -0.4 is 10.1 Å². The third-order valence-corrected chi connectivity index (χ3v) is 2.54. The summed E-state index contributed by atoms with van der Waals surface area (Å²) in [6.45, 7) is 1.56. The molecule has 1 heterocycles. The second kappa shape index (κ2) is 6.16.